The first-order valence-corrected chi connectivity index (χ1v) is 7.03. The highest BCUT2D eigenvalue weighted by Crippen LogP contribution is 2.15. The fourth-order valence-corrected chi connectivity index (χ4v) is 2.69. The van der Waals surface area contributed by atoms with E-state index in [1.807, 2.05) is 0 Å². The maximum absolute atomic E-state index is 12.1. The molecule has 0 spiro atoms. The Kier molecular flexibility index (Phi) is 4.59. The van der Waals surface area contributed by atoms with Crippen LogP contribution in [-0.2, 0) is 4.79 Å². The van der Waals surface area contributed by atoms with Gasteiger partial charge in [-0.2, -0.15) is 0 Å². The van der Waals surface area contributed by atoms with E-state index in [9.17, 15) is 4.79 Å². The van der Waals surface area contributed by atoms with Gasteiger partial charge in [0, 0.05) is 37.8 Å². The van der Waals surface area contributed by atoms with Gasteiger partial charge in [0.25, 0.3) is 0 Å². The molecule has 2 fully saturated rings. The largest absolute Gasteiger partial charge is 0.352 e. The van der Waals surface area contributed by atoms with Crippen molar-refractivity contribution in [2.75, 3.05) is 26.7 Å². The van der Waals surface area contributed by atoms with Crippen LogP contribution in [0, 0.1) is 0 Å². The third-order valence-corrected chi connectivity index (χ3v) is 4.21. The van der Waals surface area contributed by atoms with Crippen LogP contribution < -0.4 is 16.0 Å². The predicted octanol–water partition coefficient (Wildman–Crippen LogP) is -0.465. The van der Waals surface area contributed by atoms with Crippen molar-refractivity contribution in [1.29, 1.82) is 0 Å². The van der Waals surface area contributed by atoms with Crippen LogP contribution >= 0.6 is 0 Å². The van der Waals surface area contributed by atoms with Gasteiger partial charge < -0.3 is 20.9 Å². The summed E-state index contributed by atoms with van der Waals surface area (Å²) in [7, 11) is 2.15. The van der Waals surface area contributed by atoms with Crippen molar-refractivity contribution in [2.45, 2.75) is 50.9 Å². The van der Waals surface area contributed by atoms with Crippen molar-refractivity contribution in [3.05, 3.63) is 0 Å². The molecule has 4 atom stereocenters. The third kappa shape index (κ3) is 3.43. The molecule has 2 saturated heterocycles. The molecule has 0 aromatic heterocycles. The van der Waals surface area contributed by atoms with Crippen LogP contribution in [-0.4, -0.2) is 61.7 Å². The first kappa shape index (κ1) is 13.8. The molecular weight excluding hydrogens is 228 g/mol. The van der Waals surface area contributed by atoms with E-state index < -0.39 is 0 Å². The van der Waals surface area contributed by atoms with Gasteiger partial charge in [-0.05, 0) is 33.7 Å². The molecular formula is C13H26N4O. The molecule has 0 bridgehead atoms. The minimum absolute atomic E-state index is 0.0730. The molecule has 2 aliphatic rings. The smallest absolute Gasteiger partial charge is 0.238 e. The number of carbonyl (C=O) groups excluding carboxylic acids is 1. The fraction of sp³-hybridized carbons (Fsp3) is 0.923. The Balaban J connectivity index is 1.77. The molecule has 0 aromatic rings. The maximum atomic E-state index is 12.1. The highest BCUT2D eigenvalue weighted by Gasteiger charge is 2.28. The normalized spacial score (nSPS) is 38.4. The minimum Gasteiger partial charge on any atom is -0.352 e. The second-order valence-corrected chi connectivity index (χ2v) is 5.83. The van der Waals surface area contributed by atoms with Gasteiger partial charge >= 0.3 is 0 Å². The lowest BCUT2D eigenvalue weighted by molar-refractivity contribution is -0.124. The SMILES string of the molecule is CC1CNC(C(=O)NC2CCN(C)C(C)C2)CN1. The zero-order valence-electron chi connectivity index (χ0n) is 11.7. The van der Waals surface area contributed by atoms with Gasteiger partial charge in [-0.1, -0.05) is 0 Å². The number of amides is 1. The second-order valence-electron chi connectivity index (χ2n) is 5.83. The van der Waals surface area contributed by atoms with E-state index in [0.29, 0.717) is 18.1 Å². The number of nitrogens with zero attached hydrogens (tertiary/aromatic N) is 1. The lowest BCUT2D eigenvalue weighted by Gasteiger charge is -2.36. The standard InChI is InChI=1S/C13H26N4O/c1-9-7-15-12(8-14-9)13(18)16-11-4-5-17(3)10(2)6-11/h9-12,14-15H,4-8H2,1-3H3,(H,16,18). The molecule has 2 heterocycles. The van der Waals surface area contributed by atoms with Crippen LogP contribution in [0.3, 0.4) is 0 Å². The summed E-state index contributed by atoms with van der Waals surface area (Å²) in [5, 5.41) is 9.81. The quantitative estimate of drug-likeness (QED) is 0.624. The summed E-state index contributed by atoms with van der Waals surface area (Å²) in [6.45, 7) is 7.01. The number of hydrogen-bond donors (Lipinski definition) is 3. The first-order chi connectivity index (χ1) is 8.56. The number of rotatable bonds is 2. The Labute approximate surface area is 110 Å². The molecule has 18 heavy (non-hydrogen) atoms. The molecule has 0 radical (unpaired) electrons. The number of likely N-dealkylation sites (tertiary alicyclic amines) is 1. The van der Waals surface area contributed by atoms with Crippen LogP contribution in [0.5, 0.6) is 0 Å². The lowest BCUT2D eigenvalue weighted by Crippen LogP contribution is -2.60. The van der Waals surface area contributed by atoms with Crippen molar-refractivity contribution in [2.24, 2.45) is 0 Å². The van der Waals surface area contributed by atoms with Gasteiger partial charge in [0.1, 0.15) is 0 Å². The van der Waals surface area contributed by atoms with Gasteiger partial charge in [-0.25, -0.2) is 0 Å². The van der Waals surface area contributed by atoms with Crippen molar-refractivity contribution in [1.82, 2.24) is 20.9 Å². The topological polar surface area (TPSA) is 56.4 Å². The summed E-state index contributed by atoms with van der Waals surface area (Å²) in [6, 6.07) is 1.28. The second kappa shape index (κ2) is 5.99. The number of piperidine rings is 1. The highest BCUT2D eigenvalue weighted by atomic mass is 16.2. The number of carbonyl (C=O) groups is 1. The van der Waals surface area contributed by atoms with Crippen LogP contribution in [0.25, 0.3) is 0 Å². The van der Waals surface area contributed by atoms with Crippen molar-refractivity contribution >= 4 is 5.91 Å². The average molecular weight is 254 g/mol. The maximum Gasteiger partial charge on any atom is 0.238 e. The fourth-order valence-electron chi connectivity index (χ4n) is 2.69. The predicted molar refractivity (Wildman–Crippen MR) is 72.5 cm³/mol. The van der Waals surface area contributed by atoms with Crippen molar-refractivity contribution in [3.8, 4) is 0 Å². The molecule has 0 saturated carbocycles. The Hall–Kier alpha value is -0.650. The van der Waals surface area contributed by atoms with Crippen LogP contribution in [0.1, 0.15) is 26.7 Å². The van der Waals surface area contributed by atoms with Gasteiger partial charge in [-0.3, -0.25) is 4.79 Å². The Morgan fingerprint density at radius 2 is 2.06 bits per heavy atom. The summed E-state index contributed by atoms with van der Waals surface area (Å²) < 4.78 is 0. The molecule has 2 aliphatic heterocycles. The molecule has 0 aromatic carbocycles. The van der Waals surface area contributed by atoms with Gasteiger partial charge in [-0.15, -0.1) is 0 Å². The van der Waals surface area contributed by atoms with Crippen molar-refractivity contribution in [3.63, 3.8) is 0 Å². The van der Waals surface area contributed by atoms with Gasteiger partial charge in [0.05, 0.1) is 6.04 Å². The Morgan fingerprint density at radius 1 is 1.28 bits per heavy atom. The van der Waals surface area contributed by atoms with Gasteiger partial charge in [0.15, 0.2) is 0 Å². The van der Waals surface area contributed by atoms with E-state index in [2.05, 4.69) is 41.7 Å². The molecule has 104 valence electrons. The van der Waals surface area contributed by atoms with E-state index in [1.165, 1.54) is 0 Å². The van der Waals surface area contributed by atoms with E-state index in [4.69, 9.17) is 0 Å². The molecule has 0 aliphatic carbocycles. The molecule has 5 nitrogen and oxygen atoms in total. The molecule has 3 N–H and O–H groups in total. The summed E-state index contributed by atoms with van der Waals surface area (Å²) >= 11 is 0. The molecule has 4 unspecified atom stereocenters. The summed E-state index contributed by atoms with van der Waals surface area (Å²) in [4.78, 5) is 14.5. The van der Waals surface area contributed by atoms with Crippen LogP contribution in [0.4, 0.5) is 0 Å². The van der Waals surface area contributed by atoms with Crippen LogP contribution in [0.15, 0.2) is 0 Å². The molecule has 5 heteroatoms. The summed E-state index contributed by atoms with van der Waals surface area (Å²) in [6.07, 6.45) is 2.11. The van der Waals surface area contributed by atoms with E-state index in [0.717, 1.165) is 32.5 Å². The van der Waals surface area contributed by atoms with Crippen molar-refractivity contribution < 1.29 is 4.79 Å². The molecule has 1 amide bonds. The number of nitrogens with one attached hydrogen (secondary N) is 3. The number of hydrogen-bond acceptors (Lipinski definition) is 4. The van der Waals surface area contributed by atoms with Gasteiger partial charge in [0.2, 0.25) is 5.91 Å². The minimum atomic E-state index is -0.0730. The lowest BCUT2D eigenvalue weighted by atomic mass is 9.98. The molecule has 2 rings (SSSR count). The number of piperazine rings is 1. The zero-order valence-corrected chi connectivity index (χ0v) is 11.7. The summed E-state index contributed by atoms with van der Waals surface area (Å²) in [5.41, 5.74) is 0. The van der Waals surface area contributed by atoms with E-state index >= 15 is 0 Å². The monoisotopic (exact) mass is 254 g/mol. The first-order valence-electron chi connectivity index (χ1n) is 7.03. The average Bonchev–Trinajstić information content (AvgIpc) is 2.34. The van der Waals surface area contributed by atoms with E-state index in [-0.39, 0.29) is 11.9 Å². The Morgan fingerprint density at radius 3 is 2.67 bits per heavy atom. The third-order valence-electron chi connectivity index (χ3n) is 4.21. The highest BCUT2D eigenvalue weighted by molar-refractivity contribution is 5.82. The summed E-state index contributed by atoms with van der Waals surface area (Å²) in [5.74, 6) is 0.149. The van der Waals surface area contributed by atoms with Crippen LogP contribution in [0.2, 0.25) is 0 Å². The van der Waals surface area contributed by atoms with E-state index in [1.54, 1.807) is 0 Å². The zero-order chi connectivity index (χ0) is 13.1. The Bertz CT molecular complexity index is 289.